The molecule has 0 aliphatic carbocycles. The monoisotopic (exact) mass is 274 g/mol. The van der Waals surface area contributed by atoms with Crippen LogP contribution in [0.3, 0.4) is 0 Å². The van der Waals surface area contributed by atoms with Crippen molar-refractivity contribution in [1.29, 1.82) is 0 Å². The lowest BCUT2D eigenvalue weighted by molar-refractivity contribution is 0.241. The van der Waals surface area contributed by atoms with Gasteiger partial charge in [-0.2, -0.15) is 0 Å². The third-order valence-corrected chi connectivity index (χ3v) is 5.90. The molecule has 0 spiro atoms. The number of rotatable bonds is 5. The molecule has 0 bridgehead atoms. The van der Waals surface area contributed by atoms with Crippen LogP contribution in [0.2, 0.25) is 0 Å². The fraction of sp³-hybridized carbons (Fsp3) is 1.00. The van der Waals surface area contributed by atoms with Crippen molar-refractivity contribution in [3.05, 3.63) is 0 Å². The van der Waals surface area contributed by atoms with Gasteiger partial charge < -0.3 is 10.2 Å². The molecule has 0 aromatic carbocycles. The molecule has 0 atom stereocenters. The maximum Gasteiger partial charge on any atom is 0.151 e. The molecule has 2 fully saturated rings. The molecule has 2 saturated heterocycles. The van der Waals surface area contributed by atoms with Gasteiger partial charge in [-0.15, -0.1) is 0 Å². The summed E-state index contributed by atoms with van der Waals surface area (Å²) in [6, 6.07) is 0. The first kappa shape index (κ1) is 14.3. The second-order valence-electron chi connectivity index (χ2n) is 5.71. The van der Waals surface area contributed by atoms with Gasteiger partial charge in [-0.25, -0.2) is 8.42 Å². The molecule has 18 heavy (non-hydrogen) atoms. The maximum atomic E-state index is 12.1. The number of hydrogen-bond acceptors (Lipinski definition) is 4. The Morgan fingerprint density at radius 3 is 2.39 bits per heavy atom. The van der Waals surface area contributed by atoms with Crippen LogP contribution in [-0.4, -0.2) is 57.5 Å². The second-order valence-corrected chi connectivity index (χ2v) is 7.94. The van der Waals surface area contributed by atoms with E-state index in [-0.39, 0.29) is 0 Å². The van der Waals surface area contributed by atoms with Gasteiger partial charge in [-0.05, 0) is 57.8 Å². The first-order valence-electron chi connectivity index (χ1n) is 7.29. The van der Waals surface area contributed by atoms with Crippen LogP contribution >= 0.6 is 0 Å². The Morgan fingerprint density at radius 1 is 1.06 bits per heavy atom. The Bertz CT molecular complexity index is 331. The van der Waals surface area contributed by atoms with Crippen molar-refractivity contribution in [3.63, 3.8) is 0 Å². The van der Waals surface area contributed by atoms with Crippen molar-refractivity contribution < 1.29 is 8.42 Å². The zero-order valence-electron chi connectivity index (χ0n) is 11.2. The van der Waals surface area contributed by atoms with Crippen LogP contribution in [-0.2, 0) is 9.84 Å². The van der Waals surface area contributed by atoms with Crippen molar-refractivity contribution in [1.82, 2.24) is 10.2 Å². The summed E-state index contributed by atoms with van der Waals surface area (Å²) < 4.78 is 24.2. The molecule has 0 unspecified atom stereocenters. The molecule has 0 aromatic heterocycles. The minimum Gasteiger partial charge on any atom is -0.317 e. The van der Waals surface area contributed by atoms with E-state index in [1.165, 1.54) is 19.3 Å². The van der Waals surface area contributed by atoms with E-state index in [1.807, 2.05) is 0 Å². The number of nitrogens with one attached hydrogen (secondary N) is 1. The van der Waals surface area contributed by atoms with Gasteiger partial charge in [-0.1, -0.05) is 6.42 Å². The molecule has 106 valence electrons. The molecule has 0 aromatic rings. The second kappa shape index (κ2) is 6.87. The summed E-state index contributed by atoms with van der Waals surface area (Å²) in [6.07, 6.45) is 5.80. The average molecular weight is 274 g/mol. The largest absolute Gasteiger partial charge is 0.317 e. The Kier molecular flexibility index (Phi) is 5.45. The highest BCUT2D eigenvalue weighted by molar-refractivity contribution is 7.91. The first-order valence-corrected chi connectivity index (χ1v) is 9.11. The van der Waals surface area contributed by atoms with E-state index in [4.69, 9.17) is 0 Å². The van der Waals surface area contributed by atoms with Crippen molar-refractivity contribution in [2.75, 3.05) is 44.2 Å². The minimum absolute atomic E-state index is 0.358. The van der Waals surface area contributed by atoms with Crippen LogP contribution in [0.5, 0.6) is 0 Å². The SMILES string of the molecule is O=S(=O)(CCN1CCCCC1)CC1CCNCC1. The van der Waals surface area contributed by atoms with Crippen LogP contribution in [0.15, 0.2) is 0 Å². The number of nitrogens with zero attached hydrogens (tertiary/aromatic N) is 1. The molecule has 0 radical (unpaired) electrons. The highest BCUT2D eigenvalue weighted by Gasteiger charge is 2.22. The van der Waals surface area contributed by atoms with Gasteiger partial charge >= 0.3 is 0 Å². The quantitative estimate of drug-likeness (QED) is 0.809. The lowest BCUT2D eigenvalue weighted by Crippen LogP contribution is -2.36. The predicted octanol–water partition coefficient (Wildman–Crippen LogP) is 0.887. The third-order valence-electron chi connectivity index (χ3n) is 4.12. The van der Waals surface area contributed by atoms with E-state index in [0.717, 1.165) is 45.6 Å². The predicted molar refractivity (Wildman–Crippen MR) is 74.5 cm³/mol. The van der Waals surface area contributed by atoms with E-state index in [9.17, 15) is 8.42 Å². The summed E-state index contributed by atoms with van der Waals surface area (Å²) in [5, 5.41) is 3.28. The molecule has 1 N–H and O–H groups in total. The number of sulfone groups is 1. The third kappa shape index (κ3) is 4.86. The van der Waals surface area contributed by atoms with Gasteiger partial charge in [0.2, 0.25) is 0 Å². The van der Waals surface area contributed by atoms with Crippen molar-refractivity contribution >= 4 is 9.84 Å². The highest BCUT2D eigenvalue weighted by atomic mass is 32.2. The minimum atomic E-state index is -2.85. The molecule has 2 heterocycles. The molecule has 2 aliphatic heterocycles. The molecule has 2 aliphatic rings. The summed E-state index contributed by atoms with van der Waals surface area (Å²) in [6.45, 7) is 4.87. The Hall–Kier alpha value is -0.130. The van der Waals surface area contributed by atoms with Gasteiger partial charge in [0.25, 0.3) is 0 Å². The highest BCUT2D eigenvalue weighted by Crippen LogP contribution is 2.15. The molecule has 0 saturated carbocycles. The van der Waals surface area contributed by atoms with Crippen molar-refractivity contribution in [3.8, 4) is 0 Å². The van der Waals surface area contributed by atoms with Gasteiger partial charge in [0.15, 0.2) is 9.84 Å². The summed E-state index contributed by atoms with van der Waals surface area (Å²) in [7, 11) is -2.85. The first-order chi connectivity index (χ1) is 8.66. The Labute approximate surface area is 111 Å². The number of hydrogen-bond donors (Lipinski definition) is 1. The van der Waals surface area contributed by atoms with E-state index >= 15 is 0 Å². The van der Waals surface area contributed by atoms with Gasteiger partial charge in [0.05, 0.1) is 11.5 Å². The summed E-state index contributed by atoms with van der Waals surface area (Å²) in [5.41, 5.74) is 0. The molecular weight excluding hydrogens is 248 g/mol. The van der Waals surface area contributed by atoms with Gasteiger partial charge in [0, 0.05) is 6.54 Å². The fourth-order valence-electron chi connectivity index (χ4n) is 2.94. The lowest BCUT2D eigenvalue weighted by atomic mass is 10.0. The van der Waals surface area contributed by atoms with E-state index in [1.54, 1.807) is 0 Å². The van der Waals surface area contributed by atoms with Crippen LogP contribution in [0.4, 0.5) is 0 Å². The fourth-order valence-corrected chi connectivity index (χ4v) is 4.70. The molecule has 4 nitrogen and oxygen atoms in total. The number of piperidine rings is 2. The van der Waals surface area contributed by atoms with Crippen LogP contribution < -0.4 is 5.32 Å². The molecule has 2 rings (SSSR count). The van der Waals surface area contributed by atoms with Gasteiger partial charge in [-0.3, -0.25) is 0 Å². The molecular formula is C13H26N2O2S. The van der Waals surface area contributed by atoms with Gasteiger partial charge in [0.1, 0.15) is 0 Å². The van der Waals surface area contributed by atoms with Crippen molar-refractivity contribution in [2.45, 2.75) is 32.1 Å². The van der Waals surface area contributed by atoms with Crippen LogP contribution in [0, 0.1) is 5.92 Å². The van der Waals surface area contributed by atoms with E-state index in [0.29, 0.717) is 17.4 Å². The average Bonchev–Trinajstić information content (AvgIpc) is 2.38. The Morgan fingerprint density at radius 2 is 1.72 bits per heavy atom. The van der Waals surface area contributed by atoms with E-state index < -0.39 is 9.84 Å². The Balaban J connectivity index is 1.72. The van der Waals surface area contributed by atoms with E-state index in [2.05, 4.69) is 10.2 Å². The van der Waals surface area contributed by atoms with Crippen LogP contribution in [0.25, 0.3) is 0 Å². The summed E-state index contributed by atoms with van der Waals surface area (Å²) >= 11 is 0. The molecule has 0 amide bonds. The topological polar surface area (TPSA) is 49.4 Å². The summed E-state index contributed by atoms with van der Waals surface area (Å²) in [5.74, 6) is 1.15. The number of likely N-dealkylation sites (tertiary alicyclic amines) is 1. The summed E-state index contributed by atoms with van der Waals surface area (Å²) in [4.78, 5) is 2.31. The van der Waals surface area contributed by atoms with Crippen molar-refractivity contribution in [2.24, 2.45) is 5.92 Å². The maximum absolute atomic E-state index is 12.1. The zero-order chi connectivity index (χ0) is 12.8. The molecule has 5 heteroatoms. The lowest BCUT2D eigenvalue weighted by Gasteiger charge is -2.27. The van der Waals surface area contributed by atoms with Crippen LogP contribution in [0.1, 0.15) is 32.1 Å². The standard InChI is InChI=1S/C13H26N2O2S/c16-18(17,12-13-4-6-14-7-5-13)11-10-15-8-2-1-3-9-15/h13-14H,1-12H2. The normalized spacial score (nSPS) is 24.2. The smallest absolute Gasteiger partial charge is 0.151 e. The zero-order valence-corrected chi connectivity index (χ0v) is 12.1.